The minimum Gasteiger partial charge on any atom is -0.465 e. The van der Waals surface area contributed by atoms with Crippen molar-refractivity contribution < 1.29 is 4.42 Å². The zero-order chi connectivity index (χ0) is 13.0. The molecule has 5 heteroatoms. The van der Waals surface area contributed by atoms with Gasteiger partial charge in [-0.05, 0) is 48.5 Å². The van der Waals surface area contributed by atoms with Crippen molar-refractivity contribution in [2.75, 3.05) is 6.54 Å². The van der Waals surface area contributed by atoms with E-state index in [-0.39, 0.29) is 0 Å². The lowest BCUT2D eigenvalue weighted by atomic mass is 10.2. The number of aromatic nitrogens is 2. The zero-order valence-electron chi connectivity index (χ0n) is 10.7. The summed E-state index contributed by atoms with van der Waals surface area (Å²) in [6.45, 7) is 6.75. The highest BCUT2D eigenvalue weighted by molar-refractivity contribution is 14.1. The van der Waals surface area contributed by atoms with Crippen LogP contribution in [0.2, 0.25) is 0 Å². The van der Waals surface area contributed by atoms with Crippen molar-refractivity contribution >= 4 is 22.6 Å². The Hall–Kier alpha value is -0.820. The van der Waals surface area contributed by atoms with Gasteiger partial charge in [-0.2, -0.15) is 5.10 Å². The van der Waals surface area contributed by atoms with Crippen LogP contribution < -0.4 is 5.32 Å². The van der Waals surface area contributed by atoms with E-state index < -0.39 is 0 Å². The van der Waals surface area contributed by atoms with E-state index in [9.17, 15) is 0 Å². The van der Waals surface area contributed by atoms with Gasteiger partial charge in [-0.1, -0.05) is 6.92 Å². The van der Waals surface area contributed by atoms with E-state index in [4.69, 9.17) is 4.42 Å². The Balaban J connectivity index is 2.00. The highest BCUT2D eigenvalue weighted by Crippen LogP contribution is 2.16. The maximum absolute atomic E-state index is 5.73. The molecule has 2 heterocycles. The van der Waals surface area contributed by atoms with E-state index in [1.807, 2.05) is 24.0 Å². The van der Waals surface area contributed by atoms with Gasteiger partial charge < -0.3 is 9.73 Å². The van der Waals surface area contributed by atoms with Gasteiger partial charge in [0.15, 0.2) is 0 Å². The Labute approximate surface area is 121 Å². The molecule has 0 spiro atoms. The molecule has 0 bridgehead atoms. The van der Waals surface area contributed by atoms with E-state index >= 15 is 0 Å². The summed E-state index contributed by atoms with van der Waals surface area (Å²) in [7, 11) is 0. The van der Waals surface area contributed by atoms with Crippen molar-refractivity contribution in [1.29, 1.82) is 0 Å². The smallest absolute Gasteiger partial charge is 0.118 e. The van der Waals surface area contributed by atoms with Gasteiger partial charge in [0.05, 0.1) is 22.9 Å². The van der Waals surface area contributed by atoms with Crippen LogP contribution in [0.1, 0.15) is 30.4 Å². The van der Waals surface area contributed by atoms with E-state index in [2.05, 4.69) is 46.0 Å². The second-order valence-electron chi connectivity index (χ2n) is 4.33. The number of nitrogens with one attached hydrogen (secondary N) is 1. The molecule has 2 aromatic rings. The van der Waals surface area contributed by atoms with Crippen molar-refractivity contribution in [1.82, 2.24) is 15.1 Å². The maximum Gasteiger partial charge on any atom is 0.118 e. The molecule has 0 saturated heterocycles. The molecule has 18 heavy (non-hydrogen) atoms. The Kier molecular flexibility index (Phi) is 4.82. The highest BCUT2D eigenvalue weighted by Gasteiger charge is 2.08. The monoisotopic (exact) mass is 359 g/mol. The van der Waals surface area contributed by atoms with Crippen molar-refractivity contribution in [2.45, 2.75) is 33.4 Å². The summed E-state index contributed by atoms with van der Waals surface area (Å²) in [6, 6.07) is 2.12. The molecule has 0 saturated carbocycles. The van der Waals surface area contributed by atoms with Gasteiger partial charge in [0.1, 0.15) is 11.5 Å². The van der Waals surface area contributed by atoms with Crippen LogP contribution in [0.5, 0.6) is 0 Å². The van der Waals surface area contributed by atoms with E-state index in [1.54, 1.807) is 0 Å². The summed E-state index contributed by atoms with van der Waals surface area (Å²) in [5.41, 5.74) is 1.20. The Morgan fingerprint density at radius 3 is 3.00 bits per heavy atom. The standard InChI is InChI=1S/C13H18IN3O/c1-3-4-15-7-13-5-11(10(2)18-13)8-17-9-12(14)6-16-17/h5-6,9,15H,3-4,7-8H2,1-2H3. The third-order valence-electron chi connectivity index (χ3n) is 2.73. The summed E-state index contributed by atoms with van der Waals surface area (Å²) in [4.78, 5) is 0. The molecule has 4 nitrogen and oxygen atoms in total. The van der Waals surface area contributed by atoms with Gasteiger partial charge in [-0.25, -0.2) is 0 Å². The molecule has 0 amide bonds. The molecule has 0 aliphatic heterocycles. The highest BCUT2D eigenvalue weighted by atomic mass is 127. The lowest BCUT2D eigenvalue weighted by molar-refractivity contribution is 0.459. The number of halogens is 1. The fourth-order valence-corrected chi connectivity index (χ4v) is 2.27. The molecule has 0 atom stereocenters. The third kappa shape index (κ3) is 3.58. The summed E-state index contributed by atoms with van der Waals surface area (Å²) in [6.07, 6.45) is 5.03. The Bertz CT molecular complexity index is 504. The molecule has 0 aliphatic carbocycles. The first-order valence-corrected chi connectivity index (χ1v) is 7.23. The van der Waals surface area contributed by atoms with Gasteiger partial charge in [0.2, 0.25) is 0 Å². The number of hydrogen-bond donors (Lipinski definition) is 1. The quantitative estimate of drug-likeness (QED) is 0.637. The molecule has 0 aliphatic rings. The molecular formula is C13H18IN3O. The van der Waals surface area contributed by atoms with Crippen LogP contribution in [-0.2, 0) is 13.1 Å². The summed E-state index contributed by atoms with van der Waals surface area (Å²) in [5, 5.41) is 7.63. The predicted molar refractivity (Wildman–Crippen MR) is 79.5 cm³/mol. The Morgan fingerprint density at radius 1 is 1.50 bits per heavy atom. The first kappa shape index (κ1) is 13.6. The molecular weight excluding hydrogens is 341 g/mol. The number of nitrogens with zero attached hydrogens (tertiary/aromatic N) is 2. The van der Waals surface area contributed by atoms with Gasteiger partial charge in [-0.3, -0.25) is 4.68 Å². The first-order valence-electron chi connectivity index (χ1n) is 6.16. The van der Waals surface area contributed by atoms with Crippen LogP contribution in [0.4, 0.5) is 0 Å². The lowest BCUT2D eigenvalue weighted by Gasteiger charge is -1.98. The number of rotatable bonds is 6. The molecule has 2 rings (SSSR count). The van der Waals surface area contributed by atoms with Gasteiger partial charge in [-0.15, -0.1) is 0 Å². The third-order valence-corrected chi connectivity index (χ3v) is 3.29. The fourth-order valence-electron chi connectivity index (χ4n) is 1.82. The van der Waals surface area contributed by atoms with Crippen molar-refractivity contribution in [2.24, 2.45) is 0 Å². The average Bonchev–Trinajstić information content (AvgIpc) is 2.88. The maximum atomic E-state index is 5.73. The second kappa shape index (κ2) is 6.38. The van der Waals surface area contributed by atoms with E-state index in [0.717, 1.165) is 41.1 Å². The molecule has 1 N–H and O–H groups in total. The number of furan rings is 1. The molecule has 0 unspecified atom stereocenters. The van der Waals surface area contributed by atoms with Gasteiger partial charge in [0.25, 0.3) is 0 Å². The van der Waals surface area contributed by atoms with Crippen LogP contribution in [0.15, 0.2) is 22.9 Å². The molecule has 0 radical (unpaired) electrons. The number of hydrogen-bond acceptors (Lipinski definition) is 3. The largest absolute Gasteiger partial charge is 0.465 e. The normalized spacial score (nSPS) is 11.1. The van der Waals surface area contributed by atoms with Crippen LogP contribution in [-0.4, -0.2) is 16.3 Å². The Morgan fingerprint density at radius 2 is 2.33 bits per heavy atom. The topological polar surface area (TPSA) is 43.0 Å². The van der Waals surface area contributed by atoms with Crippen molar-refractivity contribution in [3.05, 3.63) is 39.1 Å². The van der Waals surface area contributed by atoms with E-state index in [0.29, 0.717) is 0 Å². The fraction of sp³-hybridized carbons (Fsp3) is 0.462. The summed E-state index contributed by atoms with van der Waals surface area (Å²) >= 11 is 2.26. The van der Waals surface area contributed by atoms with Crippen LogP contribution in [0.25, 0.3) is 0 Å². The van der Waals surface area contributed by atoms with Crippen LogP contribution >= 0.6 is 22.6 Å². The van der Waals surface area contributed by atoms with Crippen molar-refractivity contribution in [3.63, 3.8) is 0 Å². The summed E-state index contributed by atoms with van der Waals surface area (Å²) in [5.74, 6) is 1.98. The van der Waals surface area contributed by atoms with Gasteiger partial charge in [0, 0.05) is 11.8 Å². The average molecular weight is 359 g/mol. The minimum absolute atomic E-state index is 0.770. The van der Waals surface area contributed by atoms with E-state index in [1.165, 1.54) is 5.56 Å². The van der Waals surface area contributed by atoms with Crippen LogP contribution in [0.3, 0.4) is 0 Å². The first-order chi connectivity index (χ1) is 8.69. The predicted octanol–water partition coefficient (Wildman–Crippen LogP) is 2.94. The number of aryl methyl sites for hydroxylation is 1. The molecule has 98 valence electrons. The SMILES string of the molecule is CCCNCc1cc(Cn2cc(I)cn2)c(C)o1. The summed E-state index contributed by atoms with van der Waals surface area (Å²) < 4.78 is 8.82. The van der Waals surface area contributed by atoms with Gasteiger partial charge >= 0.3 is 0 Å². The second-order valence-corrected chi connectivity index (χ2v) is 5.57. The van der Waals surface area contributed by atoms with Crippen LogP contribution in [0, 0.1) is 10.5 Å². The molecule has 0 aromatic carbocycles. The lowest BCUT2D eigenvalue weighted by Crippen LogP contribution is -2.13. The van der Waals surface area contributed by atoms with Crippen molar-refractivity contribution in [3.8, 4) is 0 Å². The zero-order valence-corrected chi connectivity index (χ0v) is 12.9. The minimum atomic E-state index is 0.770. The molecule has 2 aromatic heterocycles. The molecule has 0 fully saturated rings.